The first-order valence-corrected chi connectivity index (χ1v) is 8.48. The van der Waals surface area contributed by atoms with Crippen LogP contribution in [0.4, 0.5) is 0 Å². The number of ether oxygens (including phenoxy) is 2. The molecule has 2 aromatic rings. The molecule has 3 rings (SSSR count). The summed E-state index contributed by atoms with van der Waals surface area (Å²) in [5.41, 5.74) is 0.529. The van der Waals surface area contributed by atoms with Crippen molar-refractivity contribution in [2.24, 2.45) is 0 Å². The van der Waals surface area contributed by atoms with Crippen molar-refractivity contribution in [3.05, 3.63) is 53.5 Å². The molecule has 1 unspecified atom stereocenters. The largest absolute Gasteiger partial charge is 0.496 e. The minimum absolute atomic E-state index is 0.0174. The zero-order valence-electron chi connectivity index (χ0n) is 14.7. The minimum atomic E-state index is -0.154. The molecule has 0 spiro atoms. The molecule has 1 aromatic heterocycles. The summed E-state index contributed by atoms with van der Waals surface area (Å²) >= 11 is 0. The SMILES string of the molecule is COc1ccccc1C(=O)NCC(c1ccc(C)o1)N1CCOCC1. The number of methoxy groups -OCH3 is 1. The standard InChI is InChI=1S/C19H24N2O4/c1-14-7-8-18(25-14)16(21-9-11-24-12-10-21)13-20-19(22)15-5-3-4-6-17(15)23-2/h3-8,16H,9-13H2,1-2H3,(H,20,22). The maximum absolute atomic E-state index is 12.6. The second-order valence-electron chi connectivity index (χ2n) is 6.02. The van der Waals surface area contributed by atoms with Gasteiger partial charge in [-0.1, -0.05) is 12.1 Å². The summed E-state index contributed by atoms with van der Waals surface area (Å²) in [5, 5.41) is 3.02. The van der Waals surface area contributed by atoms with Gasteiger partial charge < -0.3 is 19.2 Å². The van der Waals surface area contributed by atoms with Crippen LogP contribution in [-0.2, 0) is 4.74 Å². The molecule has 6 heteroatoms. The molecule has 1 atom stereocenters. The van der Waals surface area contributed by atoms with Gasteiger partial charge in [0.15, 0.2) is 0 Å². The van der Waals surface area contributed by atoms with Crippen LogP contribution in [0, 0.1) is 6.92 Å². The molecular formula is C19H24N2O4. The number of carbonyl (C=O) groups is 1. The number of amides is 1. The quantitative estimate of drug-likeness (QED) is 0.872. The van der Waals surface area contributed by atoms with Gasteiger partial charge >= 0.3 is 0 Å². The third-order valence-electron chi connectivity index (χ3n) is 4.38. The Morgan fingerprint density at radius 3 is 2.68 bits per heavy atom. The number of nitrogens with zero attached hydrogens (tertiary/aromatic N) is 1. The van der Waals surface area contributed by atoms with E-state index in [9.17, 15) is 4.79 Å². The average molecular weight is 344 g/mol. The van der Waals surface area contributed by atoms with E-state index in [-0.39, 0.29) is 11.9 Å². The molecule has 1 aromatic carbocycles. The van der Waals surface area contributed by atoms with Crippen LogP contribution in [0.1, 0.15) is 27.9 Å². The second kappa shape index (κ2) is 8.18. The molecule has 0 aliphatic carbocycles. The van der Waals surface area contributed by atoms with Gasteiger partial charge in [0.25, 0.3) is 5.91 Å². The molecular weight excluding hydrogens is 320 g/mol. The maximum Gasteiger partial charge on any atom is 0.255 e. The van der Waals surface area contributed by atoms with Crippen LogP contribution >= 0.6 is 0 Å². The smallest absolute Gasteiger partial charge is 0.255 e. The summed E-state index contributed by atoms with van der Waals surface area (Å²) in [6.07, 6.45) is 0. The number of para-hydroxylation sites is 1. The molecule has 1 aliphatic heterocycles. The number of furan rings is 1. The lowest BCUT2D eigenvalue weighted by molar-refractivity contribution is 0.0117. The molecule has 1 fully saturated rings. The molecule has 6 nitrogen and oxygen atoms in total. The van der Waals surface area contributed by atoms with Gasteiger partial charge in [0.2, 0.25) is 0 Å². The normalized spacial score (nSPS) is 16.4. The third-order valence-corrected chi connectivity index (χ3v) is 4.38. The number of morpholine rings is 1. The van der Waals surface area contributed by atoms with Crippen LogP contribution in [0.15, 0.2) is 40.8 Å². The van der Waals surface area contributed by atoms with Crippen LogP contribution < -0.4 is 10.1 Å². The Balaban J connectivity index is 1.72. The van der Waals surface area contributed by atoms with E-state index in [4.69, 9.17) is 13.9 Å². The number of hydrogen-bond acceptors (Lipinski definition) is 5. The zero-order valence-corrected chi connectivity index (χ0v) is 14.7. The van der Waals surface area contributed by atoms with Gasteiger partial charge in [-0.15, -0.1) is 0 Å². The molecule has 2 heterocycles. The van der Waals surface area contributed by atoms with E-state index in [1.165, 1.54) is 0 Å². The van der Waals surface area contributed by atoms with E-state index in [0.717, 1.165) is 24.6 Å². The van der Waals surface area contributed by atoms with Gasteiger partial charge in [0.1, 0.15) is 17.3 Å². The van der Waals surface area contributed by atoms with Gasteiger partial charge in [-0.05, 0) is 31.2 Å². The first-order valence-electron chi connectivity index (χ1n) is 8.48. The highest BCUT2D eigenvalue weighted by molar-refractivity contribution is 5.96. The molecule has 0 bridgehead atoms. The summed E-state index contributed by atoms with van der Waals surface area (Å²) in [5.74, 6) is 2.14. The number of rotatable bonds is 6. The van der Waals surface area contributed by atoms with Crippen LogP contribution in [0.2, 0.25) is 0 Å². The number of carbonyl (C=O) groups excluding carboxylic acids is 1. The van der Waals surface area contributed by atoms with Crippen LogP contribution in [0.5, 0.6) is 5.75 Å². The lowest BCUT2D eigenvalue weighted by atomic mass is 10.1. The van der Waals surface area contributed by atoms with E-state index in [2.05, 4.69) is 10.2 Å². The Morgan fingerprint density at radius 2 is 2.00 bits per heavy atom. The van der Waals surface area contributed by atoms with Crippen LogP contribution in [0.3, 0.4) is 0 Å². The highest BCUT2D eigenvalue weighted by Gasteiger charge is 2.26. The van der Waals surface area contributed by atoms with Crippen molar-refractivity contribution in [3.63, 3.8) is 0 Å². The highest BCUT2D eigenvalue weighted by Crippen LogP contribution is 2.24. The molecule has 25 heavy (non-hydrogen) atoms. The van der Waals surface area contributed by atoms with Gasteiger partial charge in [-0.3, -0.25) is 9.69 Å². The molecule has 1 N–H and O–H groups in total. The van der Waals surface area contributed by atoms with Gasteiger partial charge in [0.05, 0.1) is 31.9 Å². The Kier molecular flexibility index (Phi) is 5.73. The topological polar surface area (TPSA) is 63.9 Å². The Labute approximate surface area is 147 Å². The van der Waals surface area contributed by atoms with Gasteiger partial charge in [-0.25, -0.2) is 0 Å². The fourth-order valence-electron chi connectivity index (χ4n) is 3.05. The first kappa shape index (κ1) is 17.5. The molecule has 1 aliphatic rings. The maximum atomic E-state index is 12.6. The number of aryl methyl sites for hydroxylation is 1. The average Bonchev–Trinajstić information content (AvgIpc) is 3.08. The number of hydrogen-bond donors (Lipinski definition) is 1. The van der Waals surface area contributed by atoms with Crippen molar-refractivity contribution in [2.45, 2.75) is 13.0 Å². The van der Waals surface area contributed by atoms with Crippen molar-refractivity contribution in [3.8, 4) is 5.75 Å². The van der Waals surface area contributed by atoms with Crippen molar-refractivity contribution in [2.75, 3.05) is 40.0 Å². The van der Waals surface area contributed by atoms with Gasteiger partial charge in [0, 0.05) is 19.6 Å². The number of benzene rings is 1. The minimum Gasteiger partial charge on any atom is -0.496 e. The fourth-order valence-corrected chi connectivity index (χ4v) is 3.05. The lowest BCUT2D eigenvalue weighted by Gasteiger charge is -2.33. The summed E-state index contributed by atoms with van der Waals surface area (Å²) in [6, 6.07) is 11.1. The summed E-state index contributed by atoms with van der Waals surface area (Å²) in [6.45, 7) is 5.40. The van der Waals surface area contributed by atoms with E-state index in [1.807, 2.05) is 31.2 Å². The third kappa shape index (κ3) is 4.21. The van der Waals surface area contributed by atoms with E-state index >= 15 is 0 Å². The molecule has 0 saturated carbocycles. The first-order chi connectivity index (χ1) is 12.2. The Bertz CT molecular complexity index is 707. The molecule has 0 radical (unpaired) electrons. The number of nitrogens with one attached hydrogen (secondary N) is 1. The predicted octanol–water partition coefficient (Wildman–Crippen LogP) is 2.40. The second-order valence-corrected chi connectivity index (χ2v) is 6.02. The van der Waals surface area contributed by atoms with Crippen molar-refractivity contribution >= 4 is 5.91 Å². The monoisotopic (exact) mass is 344 g/mol. The zero-order chi connectivity index (χ0) is 17.6. The fraction of sp³-hybridized carbons (Fsp3) is 0.421. The van der Waals surface area contributed by atoms with Crippen molar-refractivity contribution in [1.29, 1.82) is 0 Å². The summed E-state index contributed by atoms with van der Waals surface area (Å²) in [7, 11) is 1.56. The van der Waals surface area contributed by atoms with E-state index in [0.29, 0.717) is 31.1 Å². The van der Waals surface area contributed by atoms with Crippen LogP contribution in [-0.4, -0.2) is 50.8 Å². The summed E-state index contributed by atoms with van der Waals surface area (Å²) in [4.78, 5) is 14.9. The molecule has 134 valence electrons. The van der Waals surface area contributed by atoms with E-state index < -0.39 is 0 Å². The molecule has 1 saturated heterocycles. The van der Waals surface area contributed by atoms with Crippen molar-refractivity contribution < 1.29 is 18.7 Å². The van der Waals surface area contributed by atoms with Gasteiger partial charge in [-0.2, -0.15) is 0 Å². The predicted molar refractivity (Wildman–Crippen MR) is 93.9 cm³/mol. The molecule has 1 amide bonds. The van der Waals surface area contributed by atoms with E-state index in [1.54, 1.807) is 19.2 Å². The Morgan fingerprint density at radius 1 is 1.24 bits per heavy atom. The lowest BCUT2D eigenvalue weighted by Crippen LogP contribution is -2.43. The Hall–Kier alpha value is -2.31. The summed E-state index contributed by atoms with van der Waals surface area (Å²) < 4.78 is 16.5. The van der Waals surface area contributed by atoms with Crippen LogP contribution in [0.25, 0.3) is 0 Å². The van der Waals surface area contributed by atoms with Crippen molar-refractivity contribution in [1.82, 2.24) is 10.2 Å². The highest BCUT2D eigenvalue weighted by atomic mass is 16.5.